The average Bonchev–Trinajstić information content (AvgIpc) is 2.21. The van der Waals surface area contributed by atoms with E-state index in [1.54, 1.807) is 18.6 Å². The van der Waals surface area contributed by atoms with Crippen LogP contribution in [-0.2, 0) is 0 Å². The smallest absolute Gasteiger partial charge is 0.232 e. The van der Waals surface area contributed by atoms with Gasteiger partial charge in [-0.2, -0.15) is 0 Å². The van der Waals surface area contributed by atoms with Gasteiger partial charge in [-0.1, -0.05) is 0 Å². The van der Waals surface area contributed by atoms with Gasteiger partial charge in [0.15, 0.2) is 0 Å². The van der Waals surface area contributed by atoms with Crippen molar-refractivity contribution in [1.82, 2.24) is 9.97 Å². The van der Waals surface area contributed by atoms with E-state index in [1.807, 2.05) is 0 Å². The van der Waals surface area contributed by atoms with E-state index in [2.05, 4.69) is 9.97 Å². The number of hydrogen-bond acceptors (Lipinski definition) is 4. The quantitative estimate of drug-likeness (QED) is 0.712. The lowest BCUT2D eigenvalue weighted by Gasteiger charge is -2.11. The highest BCUT2D eigenvalue weighted by Gasteiger charge is 2.05. The van der Waals surface area contributed by atoms with Gasteiger partial charge < -0.3 is 10.5 Å². The van der Waals surface area contributed by atoms with Gasteiger partial charge in [0.1, 0.15) is 0 Å². The normalized spacial score (nSPS) is 12.5. The molecule has 1 unspecified atom stereocenters. The molecule has 1 heterocycles. The van der Waals surface area contributed by atoms with Gasteiger partial charge >= 0.3 is 0 Å². The second kappa shape index (κ2) is 5.72. The Kier molecular flexibility index (Phi) is 4.49. The van der Waals surface area contributed by atoms with Gasteiger partial charge in [-0.3, -0.25) is 4.98 Å². The minimum atomic E-state index is 0.170. The number of halogens is 1. The van der Waals surface area contributed by atoms with E-state index in [1.165, 1.54) is 0 Å². The lowest BCUT2D eigenvalue weighted by atomic mass is 10.2. The average molecular weight is 202 g/mol. The molecule has 0 aromatic carbocycles. The molecule has 0 aliphatic heterocycles. The molecule has 72 valence electrons. The molecule has 2 N–H and O–H groups in total. The van der Waals surface area contributed by atoms with Crippen LogP contribution in [0.1, 0.15) is 0 Å². The molecule has 0 radical (unpaired) electrons. The SMILES string of the molecule is NCC(CCl)COc1cnccn1. The number of ether oxygens (including phenoxy) is 1. The van der Waals surface area contributed by atoms with Crippen LogP contribution in [-0.4, -0.2) is 29.0 Å². The Hall–Kier alpha value is -0.870. The van der Waals surface area contributed by atoms with Crippen molar-refractivity contribution in [3.63, 3.8) is 0 Å². The zero-order chi connectivity index (χ0) is 9.52. The van der Waals surface area contributed by atoms with Crippen molar-refractivity contribution in [2.45, 2.75) is 0 Å². The molecule has 1 aromatic heterocycles. The summed E-state index contributed by atoms with van der Waals surface area (Å²) in [5.74, 6) is 1.17. The molecule has 0 fully saturated rings. The van der Waals surface area contributed by atoms with Crippen LogP contribution in [0.4, 0.5) is 0 Å². The summed E-state index contributed by atoms with van der Waals surface area (Å²) in [5.41, 5.74) is 5.45. The fraction of sp³-hybridized carbons (Fsp3) is 0.500. The van der Waals surface area contributed by atoms with E-state index in [0.29, 0.717) is 24.9 Å². The molecule has 4 nitrogen and oxygen atoms in total. The highest BCUT2D eigenvalue weighted by molar-refractivity contribution is 6.18. The number of aromatic nitrogens is 2. The van der Waals surface area contributed by atoms with Crippen molar-refractivity contribution in [2.75, 3.05) is 19.0 Å². The van der Waals surface area contributed by atoms with Crippen LogP contribution >= 0.6 is 11.6 Å². The standard InChI is InChI=1S/C8H12ClN3O/c9-3-7(4-10)6-13-8-5-11-1-2-12-8/h1-2,5,7H,3-4,6,10H2. The first-order valence-electron chi connectivity index (χ1n) is 4.01. The van der Waals surface area contributed by atoms with E-state index in [9.17, 15) is 0 Å². The molecule has 0 spiro atoms. The van der Waals surface area contributed by atoms with Crippen molar-refractivity contribution < 1.29 is 4.74 Å². The van der Waals surface area contributed by atoms with Crippen LogP contribution in [0.15, 0.2) is 18.6 Å². The number of hydrogen-bond donors (Lipinski definition) is 1. The lowest BCUT2D eigenvalue weighted by Crippen LogP contribution is -2.23. The third-order valence-corrected chi connectivity index (χ3v) is 1.99. The van der Waals surface area contributed by atoms with Gasteiger partial charge in [0, 0.05) is 24.2 Å². The molecule has 0 bridgehead atoms. The van der Waals surface area contributed by atoms with Crippen molar-refractivity contribution in [3.8, 4) is 5.88 Å². The predicted octanol–water partition coefficient (Wildman–Crippen LogP) is 0.669. The summed E-state index contributed by atoms with van der Waals surface area (Å²) < 4.78 is 5.31. The molecular weight excluding hydrogens is 190 g/mol. The Morgan fingerprint density at radius 2 is 2.38 bits per heavy atom. The van der Waals surface area contributed by atoms with Crippen molar-refractivity contribution in [2.24, 2.45) is 11.7 Å². The van der Waals surface area contributed by atoms with Crippen LogP contribution in [0, 0.1) is 5.92 Å². The zero-order valence-corrected chi connectivity index (χ0v) is 7.94. The summed E-state index contributed by atoms with van der Waals surface area (Å²) in [6.45, 7) is 1.00. The molecule has 1 aromatic rings. The van der Waals surface area contributed by atoms with Gasteiger partial charge in [0.05, 0.1) is 12.8 Å². The number of nitrogens with two attached hydrogens (primary N) is 1. The Labute approximate surface area is 82.1 Å². The highest BCUT2D eigenvalue weighted by atomic mass is 35.5. The monoisotopic (exact) mass is 201 g/mol. The van der Waals surface area contributed by atoms with E-state index in [-0.39, 0.29) is 5.92 Å². The summed E-state index contributed by atoms with van der Waals surface area (Å²) in [6, 6.07) is 0. The predicted molar refractivity (Wildman–Crippen MR) is 50.8 cm³/mol. The first-order valence-corrected chi connectivity index (χ1v) is 4.55. The fourth-order valence-electron chi connectivity index (χ4n) is 0.739. The molecule has 0 amide bonds. The van der Waals surface area contributed by atoms with Crippen LogP contribution in [0.25, 0.3) is 0 Å². The summed E-state index contributed by atoms with van der Waals surface area (Å²) in [7, 11) is 0. The van der Waals surface area contributed by atoms with Gasteiger partial charge in [-0.05, 0) is 6.54 Å². The summed E-state index contributed by atoms with van der Waals surface area (Å²) >= 11 is 5.64. The number of nitrogens with zero attached hydrogens (tertiary/aromatic N) is 2. The summed E-state index contributed by atoms with van der Waals surface area (Å²) in [5, 5.41) is 0. The van der Waals surface area contributed by atoms with Gasteiger partial charge in [0.25, 0.3) is 0 Å². The van der Waals surface area contributed by atoms with Crippen LogP contribution < -0.4 is 10.5 Å². The largest absolute Gasteiger partial charge is 0.476 e. The zero-order valence-electron chi connectivity index (χ0n) is 7.19. The van der Waals surface area contributed by atoms with Crippen LogP contribution in [0.2, 0.25) is 0 Å². The lowest BCUT2D eigenvalue weighted by molar-refractivity contribution is 0.255. The maximum Gasteiger partial charge on any atom is 0.232 e. The Balaban J connectivity index is 2.34. The van der Waals surface area contributed by atoms with Crippen LogP contribution in [0.5, 0.6) is 5.88 Å². The number of alkyl halides is 1. The molecule has 1 rings (SSSR count). The summed E-state index contributed by atoms with van der Waals surface area (Å²) in [4.78, 5) is 7.81. The third kappa shape index (κ3) is 3.57. The van der Waals surface area contributed by atoms with E-state index >= 15 is 0 Å². The van der Waals surface area contributed by atoms with E-state index in [4.69, 9.17) is 22.1 Å². The molecule has 0 aliphatic rings. The van der Waals surface area contributed by atoms with Crippen molar-refractivity contribution in [3.05, 3.63) is 18.6 Å². The molecule has 13 heavy (non-hydrogen) atoms. The first-order chi connectivity index (χ1) is 6.36. The van der Waals surface area contributed by atoms with Crippen molar-refractivity contribution >= 4 is 11.6 Å². The molecule has 0 aliphatic carbocycles. The Morgan fingerprint density at radius 1 is 1.54 bits per heavy atom. The maximum atomic E-state index is 5.64. The highest BCUT2D eigenvalue weighted by Crippen LogP contribution is 2.04. The topological polar surface area (TPSA) is 61.0 Å². The second-order valence-corrected chi connectivity index (χ2v) is 2.92. The fourth-order valence-corrected chi connectivity index (χ4v) is 0.954. The first kappa shape index (κ1) is 10.2. The summed E-state index contributed by atoms with van der Waals surface area (Å²) in [6.07, 6.45) is 4.73. The van der Waals surface area contributed by atoms with E-state index in [0.717, 1.165) is 0 Å². The van der Waals surface area contributed by atoms with Crippen molar-refractivity contribution in [1.29, 1.82) is 0 Å². The third-order valence-electron chi connectivity index (χ3n) is 1.56. The Morgan fingerprint density at radius 3 is 2.92 bits per heavy atom. The Bertz CT molecular complexity index is 228. The van der Waals surface area contributed by atoms with Crippen LogP contribution in [0.3, 0.4) is 0 Å². The minimum absolute atomic E-state index is 0.170. The minimum Gasteiger partial charge on any atom is -0.476 e. The second-order valence-electron chi connectivity index (χ2n) is 2.61. The van der Waals surface area contributed by atoms with Gasteiger partial charge in [0.2, 0.25) is 5.88 Å². The molecule has 0 saturated heterocycles. The van der Waals surface area contributed by atoms with Gasteiger partial charge in [-0.25, -0.2) is 4.98 Å². The maximum absolute atomic E-state index is 5.64. The number of rotatable bonds is 5. The van der Waals surface area contributed by atoms with E-state index < -0.39 is 0 Å². The molecule has 0 saturated carbocycles. The molecule has 5 heteroatoms. The molecule has 1 atom stereocenters. The van der Waals surface area contributed by atoms with Gasteiger partial charge in [-0.15, -0.1) is 11.6 Å². The molecular formula is C8H12ClN3O.